The molecule has 0 radical (unpaired) electrons. The average molecular weight is 280 g/mol. The van der Waals surface area contributed by atoms with E-state index in [0.717, 1.165) is 10.2 Å². The maximum Gasteiger partial charge on any atom is 0.332 e. The van der Waals surface area contributed by atoms with E-state index in [1.54, 1.807) is 23.7 Å². The molecule has 0 saturated heterocycles. The Hall–Kier alpha value is -1.99. The first kappa shape index (κ1) is 13.4. The highest BCUT2D eigenvalue weighted by Gasteiger charge is 2.13. The van der Waals surface area contributed by atoms with Crippen molar-refractivity contribution < 1.29 is 19.8 Å². The Bertz CT molecular complexity index is 611. The fourth-order valence-corrected chi connectivity index (χ4v) is 2.26. The molecular weight excluding hydrogens is 268 g/mol. The summed E-state index contributed by atoms with van der Waals surface area (Å²) in [6, 6.07) is 5.15. The van der Waals surface area contributed by atoms with Crippen molar-refractivity contribution in [2.45, 2.75) is 12.5 Å². The molecule has 0 aliphatic heterocycles. The van der Waals surface area contributed by atoms with Crippen molar-refractivity contribution in [1.29, 1.82) is 0 Å². The van der Waals surface area contributed by atoms with Gasteiger partial charge in [0.25, 0.3) is 5.91 Å². The van der Waals surface area contributed by atoms with Gasteiger partial charge in [-0.15, -0.1) is 11.3 Å². The number of aliphatic hydroxyl groups excluding tert-OH is 1. The van der Waals surface area contributed by atoms with Crippen molar-refractivity contribution in [1.82, 2.24) is 10.3 Å². The van der Waals surface area contributed by atoms with Crippen LogP contribution in [-0.2, 0) is 4.79 Å². The van der Waals surface area contributed by atoms with E-state index in [0.29, 0.717) is 5.56 Å². The molecule has 0 fully saturated rings. The van der Waals surface area contributed by atoms with E-state index in [4.69, 9.17) is 10.2 Å². The third kappa shape index (κ3) is 3.27. The number of nitrogens with one attached hydrogen (secondary N) is 1. The maximum atomic E-state index is 11.8. The Morgan fingerprint density at radius 2 is 2.21 bits per heavy atom. The van der Waals surface area contributed by atoms with Gasteiger partial charge < -0.3 is 15.5 Å². The molecule has 7 heteroatoms. The minimum atomic E-state index is -1.45. The first-order valence-electron chi connectivity index (χ1n) is 5.60. The molecule has 0 aliphatic rings. The van der Waals surface area contributed by atoms with Crippen molar-refractivity contribution >= 4 is 33.4 Å². The monoisotopic (exact) mass is 280 g/mol. The van der Waals surface area contributed by atoms with Gasteiger partial charge in [-0.1, -0.05) is 0 Å². The molecule has 1 atom stereocenters. The highest BCUT2D eigenvalue weighted by Crippen LogP contribution is 2.18. The molecule has 1 heterocycles. The number of aliphatic carboxylic acids is 1. The van der Waals surface area contributed by atoms with Crippen molar-refractivity contribution in [3.8, 4) is 0 Å². The maximum absolute atomic E-state index is 11.8. The van der Waals surface area contributed by atoms with E-state index in [-0.39, 0.29) is 18.9 Å². The van der Waals surface area contributed by atoms with Gasteiger partial charge in [-0.25, -0.2) is 9.78 Å². The third-order valence-corrected chi connectivity index (χ3v) is 3.37. The molecule has 100 valence electrons. The first-order valence-corrected chi connectivity index (χ1v) is 6.48. The van der Waals surface area contributed by atoms with E-state index in [2.05, 4.69) is 10.3 Å². The average Bonchev–Trinajstić information content (AvgIpc) is 2.85. The topological polar surface area (TPSA) is 99.5 Å². The zero-order valence-electron chi connectivity index (χ0n) is 9.87. The van der Waals surface area contributed by atoms with Gasteiger partial charge in [0.1, 0.15) is 0 Å². The van der Waals surface area contributed by atoms with Crippen molar-refractivity contribution in [3.63, 3.8) is 0 Å². The van der Waals surface area contributed by atoms with Crippen LogP contribution in [0.5, 0.6) is 0 Å². The molecule has 2 aromatic rings. The van der Waals surface area contributed by atoms with Gasteiger partial charge in [0, 0.05) is 18.5 Å². The summed E-state index contributed by atoms with van der Waals surface area (Å²) in [6.45, 7) is 0.104. The van der Waals surface area contributed by atoms with Crippen molar-refractivity contribution in [2.75, 3.05) is 6.54 Å². The van der Waals surface area contributed by atoms with Crippen LogP contribution in [0.4, 0.5) is 0 Å². The smallest absolute Gasteiger partial charge is 0.332 e. The number of carboxylic acid groups (broad SMARTS) is 1. The molecule has 1 unspecified atom stereocenters. The third-order valence-electron chi connectivity index (χ3n) is 2.58. The molecule has 0 aliphatic carbocycles. The Kier molecular flexibility index (Phi) is 4.08. The highest BCUT2D eigenvalue weighted by atomic mass is 32.1. The summed E-state index contributed by atoms with van der Waals surface area (Å²) in [5.41, 5.74) is 3.03. The van der Waals surface area contributed by atoms with Crippen LogP contribution in [-0.4, -0.2) is 39.7 Å². The van der Waals surface area contributed by atoms with Crippen LogP contribution in [0.1, 0.15) is 16.8 Å². The van der Waals surface area contributed by atoms with Crippen LogP contribution in [0.15, 0.2) is 23.7 Å². The summed E-state index contributed by atoms with van der Waals surface area (Å²) in [4.78, 5) is 26.3. The van der Waals surface area contributed by atoms with Gasteiger partial charge in [-0.2, -0.15) is 0 Å². The molecular formula is C12H12N2O4S. The number of fused-ring (bicyclic) bond motifs is 1. The van der Waals surface area contributed by atoms with Crippen LogP contribution < -0.4 is 5.32 Å². The van der Waals surface area contributed by atoms with Crippen LogP contribution in [0.3, 0.4) is 0 Å². The fourth-order valence-electron chi connectivity index (χ4n) is 1.54. The Morgan fingerprint density at radius 3 is 2.95 bits per heavy atom. The number of carbonyl (C=O) groups excluding carboxylic acids is 1. The molecule has 3 N–H and O–H groups in total. The lowest BCUT2D eigenvalue weighted by molar-refractivity contribution is -0.146. The predicted octanol–water partition coefficient (Wildman–Crippen LogP) is 0.862. The Labute approximate surface area is 112 Å². The van der Waals surface area contributed by atoms with E-state index in [9.17, 15) is 9.59 Å². The fraction of sp³-hybridized carbons (Fsp3) is 0.250. The zero-order valence-corrected chi connectivity index (χ0v) is 10.7. The summed E-state index contributed by atoms with van der Waals surface area (Å²) >= 11 is 1.44. The SMILES string of the molecule is O=C(NCCC(O)C(=O)O)c1ccc2ncsc2c1. The second kappa shape index (κ2) is 5.77. The van der Waals surface area contributed by atoms with Crippen molar-refractivity contribution in [3.05, 3.63) is 29.3 Å². The number of thiazole rings is 1. The lowest BCUT2D eigenvalue weighted by Gasteiger charge is -2.07. The molecule has 19 heavy (non-hydrogen) atoms. The molecule has 0 bridgehead atoms. The molecule has 1 amide bonds. The zero-order chi connectivity index (χ0) is 13.8. The van der Waals surface area contributed by atoms with E-state index >= 15 is 0 Å². The van der Waals surface area contributed by atoms with Gasteiger partial charge >= 0.3 is 5.97 Å². The second-order valence-corrected chi connectivity index (χ2v) is 4.82. The van der Waals surface area contributed by atoms with Gasteiger partial charge in [0.05, 0.1) is 15.7 Å². The predicted molar refractivity (Wildman–Crippen MR) is 70.2 cm³/mol. The Morgan fingerprint density at radius 1 is 1.42 bits per heavy atom. The lowest BCUT2D eigenvalue weighted by atomic mass is 10.2. The molecule has 0 saturated carbocycles. The summed E-state index contributed by atoms with van der Waals surface area (Å²) in [6.07, 6.45) is -1.48. The van der Waals surface area contributed by atoms with E-state index < -0.39 is 12.1 Å². The van der Waals surface area contributed by atoms with Gasteiger partial charge in [0.2, 0.25) is 0 Å². The summed E-state index contributed by atoms with van der Waals surface area (Å²) in [7, 11) is 0. The minimum Gasteiger partial charge on any atom is -0.479 e. The summed E-state index contributed by atoms with van der Waals surface area (Å²) in [5.74, 6) is -1.59. The number of benzene rings is 1. The van der Waals surface area contributed by atoms with E-state index in [1.165, 1.54) is 11.3 Å². The lowest BCUT2D eigenvalue weighted by Crippen LogP contribution is -2.30. The van der Waals surface area contributed by atoms with Crippen LogP contribution in [0.2, 0.25) is 0 Å². The number of hydrogen-bond acceptors (Lipinski definition) is 5. The number of aromatic nitrogens is 1. The number of rotatable bonds is 5. The number of nitrogens with zero attached hydrogens (tertiary/aromatic N) is 1. The number of aliphatic hydroxyl groups is 1. The molecule has 1 aromatic carbocycles. The van der Waals surface area contributed by atoms with Crippen LogP contribution in [0, 0.1) is 0 Å². The normalized spacial score (nSPS) is 12.3. The molecule has 6 nitrogen and oxygen atoms in total. The van der Waals surface area contributed by atoms with Gasteiger partial charge in [0.15, 0.2) is 6.10 Å². The van der Waals surface area contributed by atoms with Gasteiger partial charge in [-0.3, -0.25) is 4.79 Å². The van der Waals surface area contributed by atoms with E-state index in [1.807, 2.05) is 0 Å². The summed E-state index contributed by atoms with van der Waals surface area (Å²) in [5, 5.41) is 20.1. The largest absolute Gasteiger partial charge is 0.479 e. The standard InChI is InChI=1S/C12H12N2O4S/c15-9(12(17)18)3-4-13-11(16)7-1-2-8-10(5-7)19-6-14-8/h1-2,5-6,9,15H,3-4H2,(H,13,16)(H,17,18). The first-order chi connectivity index (χ1) is 9.08. The second-order valence-electron chi connectivity index (χ2n) is 3.93. The number of amides is 1. The molecule has 1 aromatic heterocycles. The highest BCUT2D eigenvalue weighted by molar-refractivity contribution is 7.16. The summed E-state index contributed by atoms with van der Waals surface area (Å²) < 4.78 is 0.915. The van der Waals surface area contributed by atoms with Crippen molar-refractivity contribution in [2.24, 2.45) is 0 Å². The quantitative estimate of drug-likeness (QED) is 0.754. The Balaban J connectivity index is 1.94. The van der Waals surface area contributed by atoms with Crippen LogP contribution in [0.25, 0.3) is 10.2 Å². The molecule has 0 spiro atoms. The molecule has 2 rings (SSSR count). The van der Waals surface area contributed by atoms with Gasteiger partial charge in [-0.05, 0) is 18.2 Å². The van der Waals surface area contributed by atoms with Crippen LogP contribution >= 0.6 is 11.3 Å². The number of hydrogen-bond donors (Lipinski definition) is 3. The number of carbonyl (C=O) groups is 2. The minimum absolute atomic E-state index is 0.0239. The number of carboxylic acids is 1.